The minimum atomic E-state index is -0.823. The minimum absolute atomic E-state index is 0.0999. The number of phenols is 2. The fourth-order valence-electron chi connectivity index (χ4n) is 4.82. The lowest BCUT2D eigenvalue weighted by atomic mass is 9.90. The van der Waals surface area contributed by atoms with E-state index in [1.165, 1.54) is 30.3 Å². The van der Waals surface area contributed by atoms with Crippen LogP contribution in [-0.4, -0.2) is 16.2 Å². The molecule has 6 heteroatoms. The molecule has 0 bridgehead atoms. The van der Waals surface area contributed by atoms with Gasteiger partial charge in [0, 0.05) is 11.1 Å². The molecule has 0 atom stereocenters. The van der Waals surface area contributed by atoms with Gasteiger partial charge < -0.3 is 19.7 Å². The first-order valence-corrected chi connectivity index (χ1v) is 12.6. The van der Waals surface area contributed by atoms with Gasteiger partial charge in [-0.25, -0.2) is 9.18 Å². The first-order chi connectivity index (χ1) is 19.5. The summed E-state index contributed by atoms with van der Waals surface area (Å²) in [7, 11) is 0. The molecule has 6 aromatic carbocycles. The highest BCUT2D eigenvalue weighted by atomic mass is 19.1. The zero-order valence-corrected chi connectivity index (χ0v) is 21.2. The van der Waals surface area contributed by atoms with Gasteiger partial charge in [0.25, 0.3) is 0 Å². The number of phenolic OH excluding ortho intramolecular Hbond substituents is 2. The van der Waals surface area contributed by atoms with E-state index in [9.17, 15) is 19.4 Å². The lowest BCUT2D eigenvalue weighted by Gasteiger charge is -2.19. The number of aromatic hydroxyl groups is 2. The van der Waals surface area contributed by atoms with E-state index in [4.69, 9.17) is 9.47 Å². The summed E-state index contributed by atoms with van der Waals surface area (Å²) in [5.74, 6) is -1.44. The van der Waals surface area contributed by atoms with Crippen molar-refractivity contribution in [2.75, 3.05) is 0 Å². The second kappa shape index (κ2) is 10.4. The Hall–Kier alpha value is -5.36. The van der Waals surface area contributed by atoms with E-state index in [0.717, 1.165) is 10.9 Å². The molecule has 196 valence electrons. The van der Waals surface area contributed by atoms with Crippen LogP contribution < -0.4 is 9.47 Å². The Labute approximate surface area is 229 Å². The predicted molar refractivity (Wildman–Crippen MR) is 152 cm³/mol. The molecule has 0 aliphatic heterocycles. The summed E-state index contributed by atoms with van der Waals surface area (Å²) in [6, 6.07) is 32.6. The zero-order chi connectivity index (χ0) is 27.6. The molecule has 6 aromatic rings. The first kappa shape index (κ1) is 24.9. The summed E-state index contributed by atoms with van der Waals surface area (Å²) in [6.07, 6.45) is 0. The van der Waals surface area contributed by atoms with Crippen LogP contribution in [-0.2, 0) is 6.61 Å². The third-order valence-electron chi connectivity index (χ3n) is 6.74. The van der Waals surface area contributed by atoms with Crippen molar-refractivity contribution in [3.05, 3.63) is 132 Å². The molecule has 0 spiro atoms. The van der Waals surface area contributed by atoms with E-state index in [2.05, 4.69) is 0 Å². The lowest BCUT2D eigenvalue weighted by molar-refractivity contribution is 0.0731. The van der Waals surface area contributed by atoms with Crippen molar-refractivity contribution in [1.29, 1.82) is 0 Å². The van der Waals surface area contributed by atoms with E-state index in [-0.39, 0.29) is 40.7 Å². The second-order valence-electron chi connectivity index (χ2n) is 9.31. The van der Waals surface area contributed by atoms with E-state index < -0.39 is 11.8 Å². The van der Waals surface area contributed by atoms with Gasteiger partial charge >= 0.3 is 5.97 Å². The van der Waals surface area contributed by atoms with E-state index >= 15 is 0 Å². The molecule has 5 nitrogen and oxygen atoms in total. The molecular formula is C34H23FO5. The van der Waals surface area contributed by atoms with Crippen molar-refractivity contribution in [2.45, 2.75) is 6.61 Å². The third kappa shape index (κ3) is 4.67. The topological polar surface area (TPSA) is 76.0 Å². The standard InChI is InChI=1S/C34H23FO5/c35-24-14-16-25(17-15-24)40-34(38)28-18-22-10-4-6-12-26(22)30(32(28)36)31-27-13-7-5-11-23(27)19-29(33(31)37)39-20-21-8-2-1-3-9-21/h1-19,36-37H,20H2. The zero-order valence-electron chi connectivity index (χ0n) is 21.2. The number of hydrogen-bond donors (Lipinski definition) is 2. The van der Waals surface area contributed by atoms with Gasteiger partial charge in [-0.05, 0) is 63.5 Å². The van der Waals surface area contributed by atoms with Gasteiger partial charge in [-0.3, -0.25) is 0 Å². The molecule has 0 aromatic heterocycles. The molecule has 0 radical (unpaired) electrons. The molecule has 0 unspecified atom stereocenters. The van der Waals surface area contributed by atoms with Crippen LogP contribution in [0.1, 0.15) is 15.9 Å². The van der Waals surface area contributed by atoms with Crippen LogP contribution in [0.3, 0.4) is 0 Å². The minimum Gasteiger partial charge on any atom is -0.506 e. The molecular weight excluding hydrogens is 507 g/mol. The smallest absolute Gasteiger partial charge is 0.347 e. The number of benzene rings is 6. The SMILES string of the molecule is O=C(Oc1ccc(F)cc1)c1cc2ccccc2c(-c2c(O)c(OCc3ccccc3)cc3ccccc23)c1O. The lowest BCUT2D eigenvalue weighted by Crippen LogP contribution is -2.09. The quantitative estimate of drug-likeness (QED) is 0.169. The van der Waals surface area contributed by atoms with Crippen molar-refractivity contribution in [3.8, 4) is 34.1 Å². The molecule has 6 rings (SSSR count). The first-order valence-electron chi connectivity index (χ1n) is 12.6. The summed E-state index contributed by atoms with van der Waals surface area (Å²) < 4.78 is 24.9. The monoisotopic (exact) mass is 530 g/mol. The van der Waals surface area contributed by atoms with Gasteiger partial charge in [0.1, 0.15) is 29.5 Å². The van der Waals surface area contributed by atoms with E-state index in [0.29, 0.717) is 21.7 Å². The molecule has 0 amide bonds. The summed E-state index contributed by atoms with van der Waals surface area (Å²) in [4.78, 5) is 13.3. The van der Waals surface area contributed by atoms with Crippen LogP contribution in [0, 0.1) is 5.82 Å². The van der Waals surface area contributed by atoms with Crippen LogP contribution >= 0.6 is 0 Å². The summed E-state index contributed by atoms with van der Waals surface area (Å²) in [5.41, 5.74) is 1.42. The van der Waals surface area contributed by atoms with Crippen LogP contribution in [0.25, 0.3) is 32.7 Å². The molecule has 40 heavy (non-hydrogen) atoms. The molecule has 0 aliphatic carbocycles. The normalized spacial score (nSPS) is 11.0. The number of ether oxygens (including phenoxy) is 2. The third-order valence-corrected chi connectivity index (χ3v) is 6.74. The Kier molecular flexibility index (Phi) is 6.50. The number of esters is 1. The van der Waals surface area contributed by atoms with Crippen LogP contribution in [0.15, 0.2) is 115 Å². The van der Waals surface area contributed by atoms with E-state index in [1.54, 1.807) is 6.07 Å². The van der Waals surface area contributed by atoms with Crippen LogP contribution in [0.2, 0.25) is 0 Å². The number of carbonyl (C=O) groups excluding carboxylic acids is 1. The number of fused-ring (bicyclic) bond motifs is 2. The van der Waals surface area contributed by atoms with Gasteiger partial charge in [-0.15, -0.1) is 0 Å². The fourth-order valence-corrected chi connectivity index (χ4v) is 4.82. The Bertz CT molecular complexity index is 1860. The molecule has 0 fully saturated rings. The Morgan fingerprint density at radius 2 is 1.25 bits per heavy atom. The van der Waals surface area contributed by atoms with Crippen LogP contribution in [0.4, 0.5) is 4.39 Å². The largest absolute Gasteiger partial charge is 0.506 e. The van der Waals surface area contributed by atoms with Gasteiger partial charge in [0.05, 0.1) is 0 Å². The van der Waals surface area contributed by atoms with E-state index in [1.807, 2.05) is 78.9 Å². The average Bonchev–Trinajstić information content (AvgIpc) is 2.98. The van der Waals surface area contributed by atoms with Gasteiger partial charge in [-0.1, -0.05) is 78.9 Å². The van der Waals surface area contributed by atoms with Crippen molar-refractivity contribution in [3.63, 3.8) is 0 Å². The highest BCUT2D eigenvalue weighted by molar-refractivity contribution is 6.14. The van der Waals surface area contributed by atoms with Crippen molar-refractivity contribution in [2.24, 2.45) is 0 Å². The number of rotatable bonds is 6. The Morgan fingerprint density at radius 1 is 0.675 bits per heavy atom. The molecule has 2 N–H and O–H groups in total. The van der Waals surface area contributed by atoms with Crippen molar-refractivity contribution >= 4 is 27.5 Å². The Balaban J connectivity index is 1.54. The number of hydrogen-bond acceptors (Lipinski definition) is 5. The summed E-state index contributed by atoms with van der Waals surface area (Å²) >= 11 is 0. The second-order valence-corrected chi connectivity index (χ2v) is 9.31. The molecule has 0 heterocycles. The van der Waals surface area contributed by atoms with Crippen LogP contribution in [0.5, 0.6) is 23.0 Å². The van der Waals surface area contributed by atoms with Gasteiger partial charge in [0.2, 0.25) is 0 Å². The van der Waals surface area contributed by atoms with Crippen molar-refractivity contribution < 1.29 is 28.9 Å². The maximum atomic E-state index is 13.4. The number of carbonyl (C=O) groups is 1. The highest BCUT2D eigenvalue weighted by Gasteiger charge is 2.25. The van der Waals surface area contributed by atoms with Crippen molar-refractivity contribution in [1.82, 2.24) is 0 Å². The molecule has 0 aliphatic rings. The predicted octanol–water partition coefficient (Wildman–Crippen LogP) is 8.01. The van der Waals surface area contributed by atoms with Gasteiger partial charge in [0.15, 0.2) is 11.5 Å². The molecule has 0 saturated heterocycles. The average molecular weight is 531 g/mol. The highest BCUT2D eigenvalue weighted by Crippen LogP contribution is 2.49. The maximum Gasteiger partial charge on any atom is 0.347 e. The fraction of sp³-hybridized carbons (Fsp3) is 0.0294. The summed E-state index contributed by atoms with van der Waals surface area (Å²) in [6.45, 7) is 0.225. The Morgan fingerprint density at radius 3 is 1.93 bits per heavy atom. The summed E-state index contributed by atoms with van der Waals surface area (Å²) in [5, 5.41) is 25.9. The number of halogens is 1. The maximum absolute atomic E-state index is 13.4. The molecule has 0 saturated carbocycles. The van der Waals surface area contributed by atoms with Gasteiger partial charge in [-0.2, -0.15) is 0 Å².